The molecule has 0 aliphatic heterocycles. The molecule has 2 heteroatoms. The van der Waals surface area contributed by atoms with Gasteiger partial charge in [0.2, 0.25) is 0 Å². The molecule has 0 aromatic heterocycles. The third-order valence-corrected chi connectivity index (χ3v) is 10.4. The molecule has 272 valence electrons. The summed E-state index contributed by atoms with van der Waals surface area (Å²) in [7, 11) is 0. The largest absolute Gasteiger partial charge is 0.310 e. The maximum absolute atomic E-state index is 2.41. The van der Waals surface area contributed by atoms with Crippen LogP contribution in [0.1, 0.15) is 44.5 Å². The molecule has 0 atom stereocenters. The molecule has 0 saturated carbocycles. The molecule has 0 aliphatic carbocycles. The second kappa shape index (κ2) is 16.2. The number of aryl methyl sites for hydroxylation is 4. The van der Waals surface area contributed by atoms with Gasteiger partial charge in [-0.2, -0.15) is 0 Å². The van der Waals surface area contributed by atoms with Crippen molar-refractivity contribution in [3.8, 4) is 0 Å². The molecular weight excluding hydrogens is 677 g/mol. The number of fused-ring (bicyclic) bond motifs is 1. The van der Waals surface area contributed by atoms with Gasteiger partial charge in [-0.1, -0.05) is 169 Å². The summed E-state index contributed by atoms with van der Waals surface area (Å²) in [6.45, 7) is 8.69. The smallest absolute Gasteiger partial charge is 0.0569 e. The summed E-state index contributed by atoms with van der Waals surface area (Å²) in [4.78, 5) is 4.82. The van der Waals surface area contributed by atoms with Gasteiger partial charge in [0.15, 0.2) is 0 Å². The van der Waals surface area contributed by atoms with Gasteiger partial charge in [-0.25, -0.2) is 0 Å². The van der Waals surface area contributed by atoms with E-state index in [1.165, 1.54) is 55.5 Å². The molecule has 0 bridgehead atoms. The summed E-state index contributed by atoms with van der Waals surface area (Å²) < 4.78 is 0. The van der Waals surface area contributed by atoms with E-state index in [0.29, 0.717) is 0 Å². The highest BCUT2D eigenvalue weighted by Crippen LogP contribution is 2.47. The standard InChI is InChI=1S/C54H46N2/c1-39-15-21-43(22-16-39)25-27-45-29-33-49(34-30-45)55(47-11-7-5-8-12-47)53-41(3)19-38-52-51(53)37-20-42(4)54(52)56(48-13-9-6-10-14-48)50-35-31-46(32-36-50)28-26-44-23-17-40(2)18-24-44/h5-38H,1-4H3. The Morgan fingerprint density at radius 3 is 0.893 bits per heavy atom. The Kier molecular flexibility index (Phi) is 10.5. The predicted molar refractivity (Wildman–Crippen MR) is 243 cm³/mol. The Morgan fingerprint density at radius 1 is 0.286 bits per heavy atom. The quantitative estimate of drug-likeness (QED) is 0.130. The SMILES string of the molecule is Cc1ccc(C=Cc2ccc(N(c3ccccc3)c3c(C)ccc4c(N(c5ccccc5)c5ccc(C=Cc6ccc(C)cc6)cc5)c(C)ccc34)cc2)cc1. The van der Waals surface area contributed by atoms with Crippen LogP contribution in [0.2, 0.25) is 0 Å². The van der Waals surface area contributed by atoms with Crippen molar-refractivity contribution in [2.24, 2.45) is 0 Å². The molecule has 0 spiro atoms. The van der Waals surface area contributed by atoms with Crippen molar-refractivity contribution in [3.05, 3.63) is 226 Å². The topological polar surface area (TPSA) is 6.48 Å². The van der Waals surface area contributed by atoms with Crippen molar-refractivity contribution in [1.82, 2.24) is 0 Å². The van der Waals surface area contributed by atoms with Crippen LogP contribution in [0.3, 0.4) is 0 Å². The third kappa shape index (κ3) is 7.83. The molecule has 0 radical (unpaired) electrons. The van der Waals surface area contributed by atoms with Gasteiger partial charge < -0.3 is 9.80 Å². The van der Waals surface area contributed by atoms with E-state index in [1.807, 2.05) is 0 Å². The van der Waals surface area contributed by atoms with Crippen molar-refractivity contribution < 1.29 is 0 Å². The zero-order chi connectivity index (χ0) is 38.4. The first-order valence-electron chi connectivity index (χ1n) is 19.3. The normalized spacial score (nSPS) is 11.4. The Hall–Kier alpha value is -6.90. The van der Waals surface area contributed by atoms with Gasteiger partial charge in [0.25, 0.3) is 0 Å². The van der Waals surface area contributed by atoms with Crippen LogP contribution < -0.4 is 9.80 Å². The van der Waals surface area contributed by atoms with Gasteiger partial charge in [-0.3, -0.25) is 0 Å². The average Bonchev–Trinajstić information content (AvgIpc) is 3.24. The van der Waals surface area contributed by atoms with Crippen molar-refractivity contribution in [3.63, 3.8) is 0 Å². The van der Waals surface area contributed by atoms with Crippen LogP contribution in [-0.4, -0.2) is 0 Å². The zero-order valence-electron chi connectivity index (χ0n) is 32.5. The van der Waals surface area contributed by atoms with Crippen LogP contribution in [-0.2, 0) is 0 Å². The van der Waals surface area contributed by atoms with Crippen molar-refractivity contribution >= 4 is 69.2 Å². The molecule has 0 N–H and O–H groups in total. The lowest BCUT2D eigenvalue weighted by molar-refractivity contribution is 1.25. The monoisotopic (exact) mass is 722 g/mol. The van der Waals surface area contributed by atoms with Gasteiger partial charge >= 0.3 is 0 Å². The lowest BCUT2D eigenvalue weighted by atomic mass is 9.97. The summed E-state index contributed by atoms with van der Waals surface area (Å²) in [5, 5.41) is 2.38. The van der Waals surface area contributed by atoms with Crippen LogP contribution in [0.5, 0.6) is 0 Å². The summed E-state index contributed by atoms with van der Waals surface area (Å²) >= 11 is 0. The average molecular weight is 723 g/mol. The molecular formula is C54H46N2. The Morgan fingerprint density at radius 2 is 0.571 bits per heavy atom. The van der Waals surface area contributed by atoms with E-state index >= 15 is 0 Å². The van der Waals surface area contributed by atoms with E-state index in [1.54, 1.807) is 0 Å². The fraction of sp³-hybridized carbons (Fsp3) is 0.0741. The zero-order valence-corrected chi connectivity index (χ0v) is 32.5. The highest BCUT2D eigenvalue weighted by atomic mass is 15.2. The van der Waals surface area contributed by atoms with E-state index in [4.69, 9.17) is 0 Å². The van der Waals surface area contributed by atoms with Crippen molar-refractivity contribution in [2.45, 2.75) is 27.7 Å². The minimum atomic E-state index is 1.11. The maximum atomic E-state index is 2.41. The van der Waals surface area contributed by atoms with Crippen LogP contribution >= 0.6 is 0 Å². The van der Waals surface area contributed by atoms with Crippen LogP contribution in [0.15, 0.2) is 182 Å². The predicted octanol–water partition coefficient (Wildman–Crippen LogP) is 15.4. The lowest BCUT2D eigenvalue weighted by Crippen LogP contribution is -2.14. The second-order valence-electron chi connectivity index (χ2n) is 14.6. The Balaban J connectivity index is 1.22. The molecule has 56 heavy (non-hydrogen) atoms. The van der Waals surface area contributed by atoms with E-state index in [2.05, 4.69) is 244 Å². The Bertz CT molecular complexity index is 2430. The molecule has 0 heterocycles. The maximum Gasteiger partial charge on any atom is 0.0569 e. The summed E-state index contributed by atoms with van der Waals surface area (Å²) in [5.74, 6) is 0. The number of nitrogens with zero attached hydrogens (tertiary/aromatic N) is 2. The van der Waals surface area contributed by atoms with Crippen LogP contribution in [0.4, 0.5) is 34.1 Å². The molecule has 8 aromatic rings. The van der Waals surface area contributed by atoms with Crippen LogP contribution in [0, 0.1) is 27.7 Å². The van der Waals surface area contributed by atoms with E-state index in [0.717, 1.165) is 33.9 Å². The van der Waals surface area contributed by atoms with Crippen molar-refractivity contribution in [1.29, 1.82) is 0 Å². The summed E-state index contributed by atoms with van der Waals surface area (Å²) in [6, 6.07) is 65.6. The van der Waals surface area contributed by atoms with Gasteiger partial charge in [-0.05, 0) is 110 Å². The lowest BCUT2D eigenvalue weighted by Gasteiger charge is -2.32. The van der Waals surface area contributed by atoms with Gasteiger partial charge in [0.1, 0.15) is 0 Å². The molecule has 2 nitrogen and oxygen atoms in total. The first kappa shape index (κ1) is 36.1. The Labute approximate surface area is 332 Å². The number of hydrogen-bond acceptors (Lipinski definition) is 2. The van der Waals surface area contributed by atoms with Gasteiger partial charge in [0, 0.05) is 33.5 Å². The number of hydrogen-bond donors (Lipinski definition) is 0. The molecule has 0 unspecified atom stereocenters. The molecule has 0 aliphatic rings. The minimum absolute atomic E-state index is 1.11. The van der Waals surface area contributed by atoms with Crippen LogP contribution in [0.25, 0.3) is 35.1 Å². The molecule has 0 fully saturated rings. The summed E-state index contributed by atoms with van der Waals surface area (Å²) in [5.41, 5.74) is 16.4. The third-order valence-electron chi connectivity index (χ3n) is 10.4. The number of rotatable bonds is 10. The van der Waals surface area contributed by atoms with Gasteiger partial charge in [-0.15, -0.1) is 0 Å². The first-order chi connectivity index (χ1) is 27.4. The highest BCUT2D eigenvalue weighted by Gasteiger charge is 2.23. The fourth-order valence-corrected chi connectivity index (χ4v) is 7.36. The number of para-hydroxylation sites is 2. The molecule has 8 aromatic carbocycles. The van der Waals surface area contributed by atoms with Crippen molar-refractivity contribution in [2.75, 3.05) is 9.80 Å². The van der Waals surface area contributed by atoms with E-state index in [9.17, 15) is 0 Å². The van der Waals surface area contributed by atoms with E-state index in [-0.39, 0.29) is 0 Å². The summed E-state index contributed by atoms with van der Waals surface area (Å²) in [6.07, 6.45) is 8.72. The molecule has 0 saturated heterocycles. The highest BCUT2D eigenvalue weighted by molar-refractivity contribution is 6.08. The first-order valence-corrected chi connectivity index (χ1v) is 19.3. The number of benzene rings is 8. The number of anilines is 6. The molecule has 8 rings (SSSR count). The molecule has 0 amide bonds. The van der Waals surface area contributed by atoms with Gasteiger partial charge in [0.05, 0.1) is 11.4 Å². The minimum Gasteiger partial charge on any atom is -0.310 e. The second-order valence-corrected chi connectivity index (χ2v) is 14.6. The fourth-order valence-electron chi connectivity index (χ4n) is 7.36. The van der Waals surface area contributed by atoms with E-state index < -0.39 is 0 Å².